The fourth-order valence-corrected chi connectivity index (χ4v) is 6.56. The summed E-state index contributed by atoms with van der Waals surface area (Å²) in [6.45, 7) is 4.87. The van der Waals surface area contributed by atoms with Gasteiger partial charge in [-0.2, -0.15) is 4.31 Å². The van der Waals surface area contributed by atoms with Gasteiger partial charge >= 0.3 is 0 Å². The van der Waals surface area contributed by atoms with Crippen LogP contribution in [0.2, 0.25) is 0 Å². The molecule has 0 spiro atoms. The number of amides is 1. The monoisotopic (exact) mass is 460 g/mol. The zero-order chi connectivity index (χ0) is 22.6. The number of aryl methyl sites for hydroxylation is 2. The zero-order valence-electron chi connectivity index (χ0n) is 19.2. The molecule has 2 aromatic rings. The normalized spacial score (nSPS) is 18.4. The van der Waals surface area contributed by atoms with Crippen molar-refractivity contribution in [1.82, 2.24) is 19.2 Å². The minimum Gasteiger partial charge on any atom is -0.356 e. The summed E-state index contributed by atoms with van der Waals surface area (Å²) in [5.41, 5.74) is 1.63. The van der Waals surface area contributed by atoms with Crippen LogP contribution < -0.4 is 5.32 Å². The third-order valence-corrected chi connectivity index (χ3v) is 8.73. The molecule has 4 rings (SSSR count). The molecule has 0 unspecified atom stereocenters. The van der Waals surface area contributed by atoms with Gasteiger partial charge in [0, 0.05) is 39.0 Å². The molecule has 7 nitrogen and oxygen atoms in total. The lowest BCUT2D eigenvalue weighted by atomic mass is 9.89. The van der Waals surface area contributed by atoms with Gasteiger partial charge < -0.3 is 9.88 Å². The van der Waals surface area contributed by atoms with Crippen LogP contribution in [0.25, 0.3) is 11.0 Å². The maximum Gasteiger partial charge on any atom is 0.243 e. The average Bonchev–Trinajstić information content (AvgIpc) is 3.46. The summed E-state index contributed by atoms with van der Waals surface area (Å²) < 4.78 is 29.6. The molecule has 0 radical (unpaired) electrons. The van der Waals surface area contributed by atoms with E-state index in [1.165, 1.54) is 32.1 Å². The van der Waals surface area contributed by atoms with Gasteiger partial charge in [0.05, 0.1) is 15.9 Å². The Morgan fingerprint density at radius 2 is 1.88 bits per heavy atom. The van der Waals surface area contributed by atoms with Crippen LogP contribution in [0.15, 0.2) is 23.1 Å². The second kappa shape index (κ2) is 10.3. The summed E-state index contributed by atoms with van der Waals surface area (Å²) in [6.07, 6.45) is 10.0. The SMILES string of the molecule is CCCn1c(CCC(=O)NCC2CCCCC2)nc2cc(S(=O)(=O)N3CCCC3)ccc21. The molecule has 176 valence electrons. The second-order valence-corrected chi connectivity index (χ2v) is 11.2. The first-order valence-corrected chi connectivity index (χ1v) is 13.7. The highest BCUT2D eigenvalue weighted by atomic mass is 32.2. The fourth-order valence-electron chi connectivity index (χ4n) is 5.02. The molecule has 2 aliphatic rings. The van der Waals surface area contributed by atoms with Gasteiger partial charge in [0.25, 0.3) is 0 Å². The number of sulfonamides is 1. The average molecular weight is 461 g/mol. The molecule has 0 bridgehead atoms. The summed E-state index contributed by atoms with van der Waals surface area (Å²) in [7, 11) is -3.47. The van der Waals surface area contributed by atoms with Gasteiger partial charge in [0.15, 0.2) is 0 Å². The van der Waals surface area contributed by atoms with E-state index in [9.17, 15) is 13.2 Å². The quantitative estimate of drug-likeness (QED) is 0.616. The van der Waals surface area contributed by atoms with E-state index >= 15 is 0 Å². The highest BCUT2D eigenvalue weighted by Gasteiger charge is 2.28. The lowest BCUT2D eigenvalue weighted by Gasteiger charge is -2.21. The Hall–Kier alpha value is -1.93. The van der Waals surface area contributed by atoms with Crippen molar-refractivity contribution in [3.05, 3.63) is 24.0 Å². The third kappa shape index (κ3) is 5.17. The largest absolute Gasteiger partial charge is 0.356 e. The number of nitrogens with zero attached hydrogens (tertiary/aromatic N) is 3. The van der Waals surface area contributed by atoms with Crippen molar-refractivity contribution < 1.29 is 13.2 Å². The first-order chi connectivity index (χ1) is 15.5. The van der Waals surface area contributed by atoms with Crippen molar-refractivity contribution in [3.8, 4) is 0 Å². The molecule has 1 aliphatic carbocycles. The van der Waals surface area contributed by atoms with E-state index in [4.69, 9.17) is 4.98 Å². The Kier molecular flexibility index (Phi) is 7.51. The van der Waals surface area contributed by atoms with Gasteiger partial charge in [0.1, 0.15) is 5.82 Å². The van der Waals surface area contributed by atoms with Gasteiger partial charge in [-0.1, -0.05) is 26.2 Å². The topological polar surface area (TPSA) is 84.3 Å². The van der Waals surface area contributed by atoms with E-state index < -0.39 is 10.0 Å². The molecule has 1 saturated heterocycles. The van der Waals surface area contributed by atoms with Crippen molar-refractivity contribution >= 4 is 27.0 Å². The highest BCUT2D eigenvalue weighted by molar-refractivity contribution is 7.89. The summed E-state index contributed by atoms with van der Waals surface area (Å²) in [5.74, 6) is 1.54. The maximum absolute atomic E-state index is 13.0. The Labute approximate surface area is 191 Å². The van der Waals surface area contributed by atoms with Crippen LogP contribution in [0.5, 0.6) is 0 Å². The Bertz CT molecular complexity index is 1030. The summed E-state index contributed by atoms with van der Waals surface area (Å²) in [6, 6.07) is 5.26. The van der Waals surface area contributed by atoms with Gasteiger partial charge in [0.2, 0.25) is 15.9 Å². The van der Waals surface area contributed by atoms with Crippen LogP contribution in [0.1, 0.15) is 70.5 Å². The number of aromatic nitrogens is 2. The number of nitrogens with one attached hydrogen (secondary N) is 1. The lowest BCUT2D eigenvalue weighted by molar-refractivity contribution is -0.121. The molecule has 1 aromatic carbocycles. The lowest BCUT2D eigenvalue weighted by Crippen LogP contribution is -2.30. The molecule has 2 fully saturated rings. The molecule has 8 heteroatoms. The van der Waals surface area contributed by atoms with Crippen LogP contribution in [0.4, 0.5) is 0 Å². The van der Waals surface area contributed by atoms with Crippen molar-refractivity contribution in [2.24, 2.45) is 5.92 Å². The molecule has 1 amide bonds. The number of rotatable bonds is 9. The maximum atomic E-state index is 13.0. The van der Waals surface area contributed by atoms with Crippen molar-refractivity contribution in [2.75, 3.05) is 19.6 Å². The van der Waals surface area contributed by atoms with E-state index in [2.05, 4.69) is 16.8 Å². The number of carbonyl (C=O) groups excluding carboxylic acids is 1. The standard InChI is InChI=1S/C24H36N4O3S/c1-2-14-28-22-11-10-20(32(30,31)27-15-6-7-16-27)17-21(22)26-23(28)12-13-24(29)25-18-19-8-4-3-5-9-19/h10-11,17,19H,2-9,12-16,18H2,1H3,(H,25,29). The van der Waals surface area contributed by atoms with Crippen molar-refractivity contribution in [2.45, 2.75) is 82.6 Å². The Balaban J connectivity index is 1.46. The van der Waals surface area contributed by atoms with Crippen LogP contribution in [0.3, 0.4) is 0 Å². The number of carbonyl (C=O) groups is 1. The van der Waals surface area contributed by atoms with E-state index in [0.29, 0.717) is 42.3 Å². The van der Waals surface area contributed by atoms with Crippen LogP contribution in [-0.2, 0) is 27.8 Å². The van der Waals surface area contributed by atoms with E-state index in [0.717, 1.165) is 43.7 Å². The van der Waals surface area contributed by atoms with Gasteiger partial charge in [-0.05, 0) is 56.2 Å². The summed E-state index contributed by atoms with van der Waals surface area (Å²) in [5, 5.41) is 3.11. The first kappa shape index (κ1) is 23.2. The third-order valence-electron chi connectivity index (χ3n) is 6.84. The molecule has 2 heterocycles. The number of hydrogen-bond acceptors (Lipinski definition) is 4. The van der Waals surface area contributed by atoms with Crippen LogP contribution in [0, 0.1) is 5.92 Å². The number of fused-ring (bicyclic) bond motifs is 1. The van der Waals surface area contributed by atoms with Gasteiger partial charge in [-0.25, -0.2) is 13.4 Å². The Morgan fingerprint density at radius 1 is 1.12 bits per heavy atom. The molecule has 32 heavy (non-hydrogen) atoms. The number of benzene rings is 1. The molecule has 1 saturated carbocycles. The van der Waals surface area contributed by atoms with E-state index in [-0.39, 0.29) is 5.91 Å². The summed E-state index contributed by atoms with van der Waals surface area (Å²) >= 11 is 0. The minimum absolute atomic E-state index is 0.0722. The van der Waals surface area contributed by atoms with E-state index in [1.54, 1.807) is 16.4 Å². The van der Waals surface area contributed by atoms with Crippen molar-refractivity contribution in [1.29, 1.82) is 0 Å². The molecule has 0 atom stereocenters. The van der Waals surface area contributed by atoms with Crippen molar-refractivity contribution in [3.63, 3.8) is 0 Å². The molecular weight excluding hydrogens is 424 g/mol. The molecule has 1 aromatic heterocycles. The zero-order valence-corrected chi connectivity index (χ0v) is 20.0. The number of hydrogen-bond donors (Lipinski definition) is 1. The second-order valence-electron chi connectivity index (χ2n) is 9.25. The van der Waals surface area contributed by atoms with Gasteiger partial charge in [-0.3, -0.25) is 4.79 Å². The minimum atomic E-state index is -3.47. The molecular formula is C24H36N4O3S. The van der Waals surface area contributed by atoms with Crippen LogP contribution in [-0.4, -0.2) is 47.8 Å². The Morgan fingerprint density at radius 3 is 2.59 bits per heavy atom. The predicted molar refractivity (Wildman–Crippen MR) is 126 cm³/mol. The fraction of sp³-hybridized carbons (Fsp3) is 0.667. The highest BCUT2D eigenvalue weighted by Crippen LogP contribution is 2.26. The van der Waals surface area contributed by atoms with Gasteiger partial charge in [-0.15, -0.1) is 0 Å². The smallest absolute Gasteiger partial charge is 0.243 e. The van der Waals surface area contributed by atoms with E-state index in [1.807, 2.05) is 6.07 Å². The van der Waals surface area contributed by atoms with Crippen LogP contribution >= 0.6 is 0 Å². The number of imidazole rings is 1. The first-order valence-electron chi connectivity index (χ1n) is 12.2. The molecule has 1 N–H and O–H groups in total. The molecule has 1 aliphatic heterocycles. The predicted octanol–water partition coefficient (Wildman–Crippen LogP) is 3.86. The summed E-state index contributed by atoms with van der Waals surface area (Å²) in [4.78, 5) is 17.5.